The van der Waals surface area contributed by atoms with Crippen molar-refractivity contribution in [3.05, 3.63) is 29.8 Å². The maximum atomic E-state index is 12.1. The maximum absolute atomic E-state index is 12.1. The molecule has 2 fully saturated rings. The fourth-order valence-electron chi connectivity index (χ4n) is 2.85. The molecule has 102 valence electrons. The van der Waals surface area contributed by atoms with Crippen LogP contribution in [0.15, 0.2) is 29.2 Å². The fourth-order valence-corrected chi connectivity index (χ4v) is 3.26. The number of hydrogen-bond donors (Lipinski definition) is 1. The van der Waals surface area contributed by atoms with Crippen molar-refractivity contribution in [2.75, 3.05) is 12.8 Å². The smallest absolute Gasteiger partial charge is 0.238 e. The van der Waals surface area contributed by atoms with Crippen LogP contribution < -0.4 is 5.32 Å². The number of hydrogen-bond acceptors (Lipinski definition) is 3. The van der Waals surface area contributed by atoms with E-state index >= 15 is 0 Å². The lowest BCUT2D eigenvalue weighted by molar-refractivity contribution is -0.130. The van der Waals surface area contributed by atoms with Crippen LogP contribution in [-0.4, -0.2) is 29.6 Å². The summed E-state index contributed by atoms with van der Waals surface area (Å²) in [4.78, 5) is 15.4. The number of rotatable bonds is 4. The van der Waals surface area contributed by atoms with Gasteiger partial charge in [-0.3, -0.25) is 10.1 Å². The molecule has 1 saturated carbocycles. The summed E-state index contributed by atoms with van der Waals surface area (Å²) in [5.41, 5.74) is 1.19. The zero-order valence-electron chi connectivity index (χ0n) is 11.4. The molecule has 1 aliphatic carbocycles. The number of benzene rings is 1. The van der Waals surface area contributed by atoms with Gasteiger partial charge in [0.2, 0.25) is 5.91 Å². The average Bonchev–Trinajstić information content (AvgIpc) is 3.21. The molecule has 0 aromatic heterocycles. The Morgan fingerprint density at radius 1 is 1.32 bits per heavy atom. The van der Waals surface area contributed by atoms with E-state index in [9.17, 15) is 4.79 Å². The van der Waals surface area contributed by atoms with Gasteiger partial charge in [-0.15, -0.1) is 11.8 Å². The van der Waals surface area contributed by atoms with Crippen LogP contribution in [0.3, 0.4) is 0 Å². The van der Waals surface area contributed by atoms with Crippen LogP contribution in [0.1, 0.15) is 31.5 Å². The predicted molar refractivity (Wildman–Crippen MR) is 78.0 cm³/mol. The van der Waals surface area contributed by atoms with Gasteiger partial charge in [0.25, 0.3) is 0 Å². The van der Waals surface area contributed by atoms with E-state index in [1.54, 1.807) is 11.8 Å². The first-order valence-corrected chi connectivity index (χ1v) is 8.11. The molecule has 2 unspecified atom stereocenters. The van der Waals surface area contributed by atoms with Gasteiger partial charge in [0, 0.05) is 10.9 Å². The highest BCUT2D eigenvalue weighted by atomic mass is 32.2. The van der Waals surface area contributed by atoms with Gasteiger partial charge in [0.05, 0.1) is 6.54 Å². The molecular weight excluding hydrogens is 256 g/mol. The Labute approximate surface area is 118 Å². The molecule has 2 atom stereocenters. The molecule has 2 aliphatic rings. The third-order valence-corrected chi connectivity index (χ3v) is 4.93. The molecule has 1 amide bonds. The topological polar surface area (TPSA) is 32.3 Å². The van der Waals surface area contributed by atoms with Crippen LogP contribution >= 0.6 is 11.8 Å². The van der Waals surface area contributed by atoms with Crippen molar-refractivity contribution >= 4 is 17.7 Å². The minimum Gasteiger partial charge on any atom is -0.319 e. The highest BCUT2D eigenvalue weighted by molar-refractivity contribution is 7.98. The summed E-state index contributed by atoms with van der Waals surface area (Å²) in [6.07, 6.45) is 4.67. The number of nitrogens with zero attached hydrogens (tertiary/aromatic N) is 1. The van der Waals surface area contributed by atoms with Crippen LogP contribution in [0.4, 0.5) is 0 Å². The standard InChI is InChI=1S/C15H20N2OS/c1-10(11-3-4-11)17-14(18)9-16-15(17)12-5-7-13(19-2)8-6-12/h5-8,10-11,15-16H,3-4,9H2,1-2H3. The van der Waals surface area contributed by atoms with Gasteiger partial charge in [-0.1, -0.05) is 12.1 Å². The largest absolute Gasteiger partial charge is 0.319 e. The number of amides is 1. The lowest BCUT2D eigenvalue weighted by atomic mass is 10.1. The summed E-state index contributed by atoms with van der Waals surface area (Å²) in [6, 6.07) is 8.88. The molecule has 1 aromatic rings. The van der Waals surface area contributed by atoms with Crippen molar-refractivity contribution in [2.24, 2.45) is 5.92 Å². The maximum Gasteiger partial charge on any atom is 0.238 e. The van der Waals surface area contributed by atoms with Gasteiger partial charge >= 0.3 is 0 Å². The molecule has 1 aliphatic heterocycles. The Bertz CT molecular complexity index is 470. The van der Waals surface area contributed by atoms with Crippen LogP contribution in [0, 0.1) is 5.92 Å². The summed E-state index contributed by atoms with van der Waals surface area (Å²) in [5, 5.41) is 3.34. The zero-order chi connectivity index (χ0) is 13.4. The Kier molecular flexibility index (Phi) is 3.54. The first-order valence-electron chi connectivity index (χ1n) is 6.89. The van der Waals surface area contributed by atoms with E-state index < -0.39 is 0 Å². The highest BCUT2D eigenvalue weighted by Gasteiger charge is 2.41. The van der Waals surface area contributed by atoms with E-state index in [1.165, 1.54) is 23.3 Å². The summed E-state index contributed by atoms with van der Waals surface area (Å²) < 4.78 is 0. The second-order valence-corrected chi connectivity index (χ2v) is 6.32. The fraction of sp³-hybridized carbons (Fsp3) is 0.533. The molecule has 3 nitrogen and oxygen atoms in total. The number of thioether (sulfide) groups is 1. The average molecular weight is 276 g/mol. The van der Waals surface area contributed by atoms with Crippen molar-refractivity contribution in [3.63, 3.8) is 0 Å². The molecule has 3 rings (SSSR count). The van der Waals surface area contributed by atoms with Crippen LogP contribution in [-0.2, 0) is 4.79 Å². The van der Waals surface area contributed by atoms with Gasteiger partial charge in [0.1, 0.15) is 6.17 Å². The molecular formula is C15H20N2OS. The van der Waals surface area contributed by atoms with Gasteiger partial charge in [0.15, 0.2) is 0 Å². The van der Waals surface area contributed by atoms with E-state index in [4.69, 9.17) is 0 Å². The van der Waals surface area contributed by atoms with Gasteiger partial charge < -0.3 is 4.90 Å². The Hall–Kier alpha value is -1.00. The lowest BCUT2D eigenvalue weighted by Gasteiger charge is -2.31. The molecule has 1 saturated heterocycles. The van der Waals surface area contributed by atoms with Crippen molar-refractivity contribution in [1.29, 1.82) is 0 Å². The zero-order valence-corrected chi connectivity index (χ0v) is 12.2. The quantitative estimate of drug-likeness (QED) is 0.858. The Balaban J connectivity index is 1.82. The minimum atomic E-state index is 0.0546. The molecule has 0 bridgehead atoms. The van der Waals surface area contributed by atoms with E-state index in [-0.39, 0.29) is 12.1 Å². The minimum absolute atomic E-state index is 0.0546. The van der Waals surface area contributed by atoms with Gasteiger partial charge in [-0.05, 0) is 49.6 Å². The first-order chi connectivity index (χ1) is 9.20. The normalized spacial score (nSPS) is 24.8. The molecule has 1 aromatic carbocycles. The summed E-state index contributed by atoms with van der Waals surface area (Å²) >= 11 is 1.74. The molecule has 0 radical (unpaired) electrons. The second kappa shape index (κ2) is 5.17. The van der Waals surface area contributed by atoms with E-state index in [0.717, 1.165) is 0 Å². The monoisotopic (exact) mass is 276 g/mol. The van der Waals surface area contributed by atoms with Crippen molar-refractivity contribution in [1.82, 2.24) is 10.2 Å². The molecule has 1 N–H and O–H groups in total. The summed E-state index contributed by atoms with van der Waals surface area (Å²) in [6.45, 7) is 2.65. The third kappa shape index (κ3) is 2.51. The molecule has 1 heterocycles. The molecule has 0 spiro atoms. The number of carbonyl (C=O) groups is 1. The van der Waals surface area contributed by atoms with Crippen LogP contribution in [0.2, 0.25) is 0 Å². The number of nitrogens with one attached hydrogen (secondary N) is 1. The van der Waals surface area contributed by atoms with Gasteiger partial charge in [-0.2, -0.15) is 0 Å². The van der Waals surface area contributed by atoms with Crippen molar-refractivity contribution in [3.8, 4) is 0 Å². The van der Waals surface area contributed by atoms with E-state index in [0.29, 0.717) is 18.5 Å². The van der Waals surface area contributed by atoms with Crippen molar-refractivity contribution in [2.45, 2.75) is 36.9 Å². The Morgan fingerprint density at radius 2 is 2.00 bits per heavy atom. The van der Waals surface area contributed by atoms with Gasteiger partial charge in [-0.25, -0.2) is 0 Å². The van der Waals surface area contributed by atoms with E-state index in [1.807, 2.05) is 4.90 Å². The van der Waals surface area contributed by atoms with Crippen molar-refractivity contribution < 1.29 is 4.79 Å². The van der Waals surface area contributed by atoms with E-state index in [2.05, 4.69) is 42.8 Å². The predicted octanol–water partition coefficient (Wildman–Crippen LogP) is 2.64. The molecule has 19 heavy (non-hydrogen) atoms. The SMILES string of the molecule is CSc1ccc(C2NCC(=O)N2C(C)C2CC2)cc1. The first kappa shape index (κ1) is 13.0. The molecule has 4 heteroatoms. The highest BCUT2D eigenvalue weighted by Crippen LogP contribution is 2.39. The van der Waals surface area contributed by atoms with Crippen LogP contribution in [0.5, 0.6) is 0 Å². The summed E-state index contributed by atoms with van der Waals surface area (Å²) in [7, 11) is 0. The Morgan fingerprint density at radius 3 is 2.58 bits per heavy atom. The lowest BCUT2D eigenvalue weighted by Crippen LogP contribution is -2.39. The second-order valence-electron chi connectivity index (χ2n) is 5.44. The summed E-state index contributed by atoms with van der Waals surface area (Å²) in [5.74, 6) is 0.940. The number of carbonyl (C=O) groups excluding carboxylic acids is 1. The third-order valence-electron chi connectivity index (χ3n) is 4.19. The van der Waals surface area contributed by atoms with Crippen LogP contribution in [0.25, 0.3) is 0 Å².